The first-order valence-electron chi connectivity index (χ1n) is 9.64. The molecule has 1 spiro atoms. The SMILES string of the molecule is CN1CC[C@H](COCc2ccccn2)CC12CN(C(=O)C1CCC1)C2. The molecule has 2 saturated heterocycles. The van der Waals surface area contributed by atoms with Gasteiger partial charge in [0.2, 0.25) is 5.91 Å². The zero-order chi connectivity index (χ0) is 17.3. The van der Waals surface area contributed by atoms with Crippen LogP contribution in [0.5, 0.6) is 0 Å². The van der Waals surface area contributed by atoms with Gasteiger partial charge in [-0.15, -0.1) is 0 Å². The number of nitrogens with zero attached hydrogens (tertiary/aromatic N) is 3. The van der Waals surface area contributed by atoms with Gasteiger partial charge in [0.1, 0.15) is 0 Å². The van der Waals surface area contributed by atoms with E-state index in [9.17, 15) is 4.79 Å². The molecular weight excluding hydrogens is 314 g/mol. The van der Waals surface area contributed by atoms with Crippen LogP contribution < -0.4 is 0 Å². The number of hydrogen-bond acceptors (Lipinski definition) is 4. The van der Waals surface area contributed by atoms with Crippen LogP contribution in [0.25, 0.3) is 0 Å². The van der Waals surface area contributed by atoms with Crippen molar-refractivity contribution in [1.82, 2.24) is 14.8 Å². The number of rotatable bonds is 5. The number of amides is 1. The van der Waals surface area contributed by atoms with Crippen LogP contribution in [0.4, 0.5) is 0 Å². The summed E-state index contributed by atoms with van der Waals surface area (Å²) in [6, 6.07) is 5.93. The average Bonchev–Trinajstić information content (AvgIpc) is 2.53. The van der Waals surface area contributed by atoms with Crippen LogP contribution in [0, 0.1) is 11.8 Å². The number of likely N-dealkylation sites (N-methyl/N-ethyl adjacent to an activating group) is 1. The smallest absolute Gasteiger partial charge is 0.225 e. The molecule has 0 unspecified atom stereocenters. The highest BCUT2D eigenvalue weighted by Crippen LogP contribution is 2.40. The molecule has 0 aromatic carbocycles. The Labute approximate surface area is 150 Å². The second kappa shape index (κ2) is 7.04. The van der Waals surface area contributed by atoms with Gasteiger partial charge >= 0.3 is 0 Å². The zero-order valence-corrected chi connectivity index (χ0v) is 15.2. The first-order chi connectivity index (χ1) is 12.2. The van der Waals surface area contributed by atoms with Crippen LogP contribution in [0.1, 0.15) is 37.8 Å². The molecule has 1 aromatic heterocycles. The minimum Gasteiger partial charge on any atom is -0.375 e. The normalized spacial score (nSPS) is 26.3. The molecule has 0 radical (unpaired) electrons. The number of ether oxygens (including phenoxy) is 1. The van der Waals surface area contributed by atoms with Crippen molar-refractivity contribution in [3.8, 4) is 0 Å². The first-order valence-corrected chi connectivity index (χ1v) is 9.64. The standard InChI is InChI=1S/C20H29N3O2/c1-22-10-8-16(12-25-13-18-7-2-3-9-21-18)11-20(22)14-23(15-20)19(24)17-5-4-6-17/h2-3,7,9,16-17H,4-6,8,10-15H2,1H3/t16-/m0/s1. The molecule has 4 rings (SSSR count). The first kappa shape index (κ1) is 17.0. The van der Waals surface area contributed by atoms with Gasteiger partial charge in [0.15, 0.2) is 0 Å². The van der Waals surface area contributed by atoms with E-state index >= 15 is 0 Å². The second-order valence-electron chi connectivity index (χ2n) is 8.16. The van der Waals surface area contributed by atoms with Crippen molar-refractivity contribution in [2.45, 2.75) is 44.2 Å². The van der Waals surface area contributed by atoms with E-state index in [1.165, 1.54) is 12.8 Å². The topological polar surface area (TPSA) is 45.7 Å². The lowest BCUT2D eigenvalue weighted by atomic mass is 9.74. The molecule has 25 heavy (non-hydrogen) atoms. The number of carbonyl (C=O) groups is 1. The Morgan fingerprint density at radius 3 is 2.84 bits per heavy atom. The third-order valence-electron chi connectivity index (χ3n) is 6.42. The number of likely N-dealkylation sites (tertiary alicyclic amines) is 2. The maximum atomic E-state index is 12.4. The Kier molecular flexibility index (Phi) is 4.78. The Morgan fingerprint density at radius 2 is 2.16 bits per heavy atom. The van der Waals surface area contributed by atoms with Gasteiger partial charge in [-0.2, -0.15) is 0 Å². The molecule has 2 aliphatic heterocycles. The summed E-state index contributed by atoms with van der Waals surface area (Å²) in [5.41, 5.74) is 1.18. The molecule has 5 nitrogen and oxygen atoms in total. The van der Waals surface area contributed by atoms with Crippen molar-refractivity contribution < 1.29 is 9.53 Å². The molecular formula is C20H29N3O2. The number of piperidine rings is 1. The predicted molar refractivity (Wildman–Crippen MR) is 95.9 cm³/mol. The van der Waals surface area contributed by atoms with Crippen molar-refractivity contribution >= 4 is 5.91 Å². The van der Waals surface area contributed by atoms with Crippen molar-refractivity contribution in [2.75, 3.05) is 33.3 Å². The summed E-state index contributed by atoms with van der Waals surface area (Å²) in [4.78, 5) is 21.3. The van der Waals surface area contributed by atoms with E-state index in [1.807, 2.05) is 24.4 Å². The Morgan fingerprint density at radius 1 is 1.32 bits per heavy atom. The third kappa shape index (κ3) is 3.44. The Hall–Kier alpha value is -1.46. The van der Waals surface area contributed by atoms with Crippen LogP contribution in [0.2, 0.25) is 0 Å². The highest BCUT2D eigenvalue weighted by Gasteiger charge is 2.51. The third-order valence-corrected chi connectivity index (χ3v) is 6.42. The van der Waals surface area contributed by atoms with Crippen LogP contribution in [0.15, 0.2) is 24.4 Å². The largest absolute Gasteiger partial charge is 0.375 e. The van der Waals surface area contributed by atoms with E-state index < -0.39 is 0 Å². The summed E-state index contributed by atoms with van der Waals surface area (Å²) in [7, 11) is 2.22. The lowest BCUT2D eigenvalue weighted by molar-refractivity contribution is -0.158. The van der Waals surface area contributed by atoms with Crippen LogP contribution >= 0.6 is 0 Å². The maximum absolute atomic E-state index is 12.4. The summed E-state index contributed by atoms with van der Waals surface area (Å²) < 4.78 is 5.93. The van der Waals surface area contributed by atoms with Gasteiger partial charge in [-0.25, -0.2) is 0 Å². The van der Waals surface area contributed by atoms with Crippen LogP contribution in [-0.4, -0.2) is 59.5 Å². The van der Waals surface area contributed by atoms with Gasteiger partial charge in [0.25, 0.3) is 0 Å². The van der Waals surface area contributed by atoms with Gasteiger partial charge < -0.3 is 9.64 Å². The fraction of sp³-hybridized carbons (Fsp3) is 0.700. The monoisotopic (exact) mass is 343 g/mol. The van der Waals surface area contributed by atoms with E-state index in [2.05, 4.69) is 21.8 Å². The van der Waals surface area contributed by atoms with Gasteiger partial charge in [-0.05, 0) is 57.3 Å². The lowest BCUT2D eigenvalue weighted by Crippen LogP contribution is -2.73. The molecule has 1 aliphatic carbocycles. The summed E-state index contributed by atoms with van der Waals surface area (Å²) >= 11 is 0. The predicted octanol–water partition coefficient (Wildman–Crippen LogP) is 2.32. The molecule has 136 valence electrons. The van der Waals surface area contributed by atoms with Crippen molar-refractivity contribution in [3.63, 3.8) is 0 Å². The average molecular weight is 343 g/mol. The molecule has 5 heteroatoms. The van der Waals surface area contributed by atoms with Gasteiger partial charge in [0.05, 0.1) is 24.4 Å². The van der Waals surface area contributed by atoms with E-state index in [1.54, 1.807) is 0 Å². The molecule has 0 bridgehead atoms. The van der Waals surface area contributed by atoms with E-state index in [4.69, 9.17) is 4.74 Å². The number of aromatic nitrogens is 1. The molecule has 3 aliphatic rings. The van der Waals surface area contributed by atoms with Crippen LogP contribution in [0.3, 0.4) is 0 Å². The van der Waals surface area contributed by atoms with E-state index in [0.29, 0.717) is 24.3 Å². The zero-order valence-electron chi connectivity index (χ0n) is 15.2. The van der Waals surface area contributed by atoms with Crippen molar-refractivity contribution in [2.24, 2.45) is 11.8 Å². The Bertz CT molecular complexity index is 596. The maximum Gasteiger partial charge on any atom is 0.225 e. The molecule has 1 saturated carbocycles. The molecule has 3 fully saturated rings. The number of hydrogen-bond donors (Lipinski definition) is 0. The van der Waals surface area contributed by atoms with Gasteiger partial charge in [-0.1, -0.05) is 12.5 Å². The van der Waals surface area contributed by atoms with Gasteiger partial charge in [-0.3, -0.25) is 14.7 Å². The minimum atomic E-state index is 0.191. The quantitative estimate of drug-likeness (QED) is 0.823. The summed E-state index contributed by atoms with van der Waals surface area (Å²) in [6.07, 6.45) is 7.55. The lowest BCUT2D eigenvalue weighted by Gasteiger charge is -2.59. The van der Waals surface area contributed by atoms with Gasteiger partial charge in [0, 0.05) is 25.2 Å². The molecule has 1 amide bonds. The highest BCUT2D eigenvalue weighted by atomic mass is 16.5. The summed E-state index contributed by atoms with van der Waals surface area (Å²) in [6.45, 7) is 4.31. The molecule has 1 atom stereocenters. The number of pyridine rings is 1. The second-order valence-corrected chi connectivity index (χ2v) is 8.16. The molecule has 0 N–H and O–H groups in total. The fourth-order valence-corrected chi connectivity index (χ4v) is 4.47. The fourth-order valence-electron chi connectivity index (χ4n) is 4.47. The van der Waals surface area contributed by atoms with Crippen molar-refractivity contribution in [1.29, 1.82) is 0 Å². The number of carbonyl (C=O) groups excluding carboxylic acids is 1. The van der Waals surface area contributed by atoms with E-state index in [-0.39, 0.29) is 5.54 Å². The minimum absolute atomic E-state index is 0.191. The Balaban J connectivity index is 1.26. The summed E-state index contributed by atoms with van der Waals surface area (Å²) in [5, 5.41) is 0. The molecule has 1 aromatic rings. The molecule has 3 heterocycles. The van der Waals surface area contributed by atoms with Crippen molar-refractivity contribution in [3.05, 3.63) is 30.1 Å². The van der Waals surface area contributed by atoms with Crippen LogP contribution in [-0.2, 0) is 16.1 Å². The summed E-state index contributed by atoms with van der Waals surface area (Å²) in [5.74, 6) is 1.31. The van der Waals surface area contributed by atoms with E-state index in [0.717, 1.165) is 51.2 Å². The highest BCUT2D eigenvalue weighted by molar-refractivity contribution is 5.80.